The molecule has 1 aromatic rings. The van der Waals surface area contributed by atoms with E-state index in [2.05, 4.69) is 10.3 Å². The SMILES string of the molecule is CCOC(=O)COc1ccc(N2C[C@H](CNC[C@@H]3CCN(C(=O)OC(C)(C)C)C3)OC2=O)nc1[N+](=O)[O-]. The summed E-state index contributed by atoms with van der Waals surface area (Å²) in [5.41, 5.74) is -0.545. The van der Waals surface area contributed by atoms with Crippen LogP contribution in [0.3, 0.4) is 0 Å². The van der Waals surface area contributed by atoms with E-state index in [0.717, 1.165) is 6.42 Å². The van der Waals surface area contributed by atoms with Crippen LogP contribution in [0.4, 0.5) is 21.2 Å². The maximum absolute atomic E-state index is 12.4. The third-order valence-electron chi connectivity index (χ3n) is 5.54. The van der Waals surface area contributed by atoms with Crippen molar-refractivity contribution in [3.63, 3.8) is 0 Å². The van der Waals surface area contributed by atoms with E-state index in [0.29, 0.717) is 26.2 Å². The van der Waals surface area contributed by atoms with Gasteiger partial charge in [0.25, 0.3) is 5.82 Å². The van der Waals surface area contributed by atoms with Gasteiger partial charge in [-0.05, 0) is 62.6 Å². The molecule has 0 radical (unpaired) electrons. The lowest BCUT2D eigenvalue weighted by atomic mass is 10.1. The zero-order chi connectivity index (χ0) is 27.2. The minimum atomic E-state index is -0.757. The van der Waals surface area contributed by atoms with Gasteiger partial charge in [0.05, 0.1) is 13.2 Å². The van der Waals surface area contributed by atoms with Crippen LogP contribution in [0.1, 0.15) is 34.1 Å². The van der Waals surface area contributed by atoms with Gasteiger partial charge < -0.3 is 39.3 Å². The van der Waals surface area contributed by atoms with Crippen molar-refractivity contribution in [1.82, 2.24) is 15.2 Å². The van der Waals surface area contributed by atoms with E-state index in [1.165, 1.54) is 17.0 Å². The van der Waals surface area contributed by atoms with Crippen molar-refractivity contribution in [3.8, 4) is 5.75 Å². The molecule has 204 valence electrons. The van der Waals surface area contributed by atoms with Crippen LogP contribution >= 0.6 is 0 Å². The molecule has 2 aliphatic rings. The van der Waals surface area contributed by atoms with Gasteiger partial charge in [0.1, 0.15) is 11.7 Å². The van der Waals surface area contributed by atoms with Crippen LogP contribution in [0.15, 0.2) is 12.1 Å². The van der Waals surface area contributed by atoms with Crippen LogP contribution in [0, 0.1) is 16.0 Å². The van der Waals surface area contributed by atoms with E-state index in [-0.39, 0.29) is 36.7 Å². The van der Waals surface area contributed by atoms with E-state index >= 15 is 0 Å². The van der Waals surface area contributed by atoms with Gasteiger partial charge in [-0.2, -0.15) is 0 Å². The number of nitrogens with one attached hydrogen (secondary N) is 1. The van der Waals surface area contributed by atoms with Crippen molar-refractivity contribution >= 4 is 29.8 Å². The molecule has 2 aliphatic heterocycles. The van der Waals surface area contributed by atoms with Crippen LogP contribution in [0.2, 0.25) is 0 Å². The number of esters is 1. The number of rotatable bonds is 10. The summed E-state index contributed by atoms with van der Waals surface area (Å²) in [6.07, 6.45) is -0.655. The first-order valence-electron chi connectivity index (χ1n) is 12.1. The van der Waals surface area contributed by atoms with Crippen molar-refractivity contribution in [2.75, 3.05) is 50.8 Å². The molecule has 2 saturated heterocycles. The van der Waals surface area contributed by atoms with E-state index in [9.17, 15) is 24.5 Å². The highest BCUT2D eigenvalue weighted by Crippen LogP contribution is 2.29. The van der Waals surface area contributed by atoms with E-state index in [4.69, 9.17) is 18.9 Å². The Bertz CT molecular complexity index is 1010. The molecule has 1 aromatic heterocycles. The molecule has 2 amide bonds. The highest BCUT2D eigenvalue weighted by molar-refractivity contribution is 5.88. The molecule has 3 rings (SSSR count). The standard InChI is InChI=1S/C23H33N5O9/c1-5-34-19(29)14-35-17-6-7-18(25-20(17)28(32)33)27-13-16(36-22(27)31)11-24-10-15-8-9-26(12-15)21(30)37-23(2,3)4/h6-7,15-16,24H,5,8-14H2,1-4H3/t15-,16-/m0/s1. The van der Waals surface area contributed by atoms with Crippen LogP contribution in [-0.2, 0) is 19.0 Å². The summed E-state index contributed by atoms with van der Waals surface area (Å²) in [6, 6.07) is 2.66. The van der Waals surface area contributed by atoms with Gasteiger partial charge in [-0.1, -0.05) is 0 Å². The summed E-state index contributed by atoms with van der Waals surface area (Å²) in [5, 5.41) is 14.7. The van der Waals surface area contributed by atoms with Crippen molar-refractivity contribution in [2.24, 2.45) is 5.92 Å². The van der Waals surface area contributed by atoms with Crippen molar-refractivity contribution < 1.29 is 38.3 Å². The quantitative estimate of drug-likeness (QED) is 0.207. The number of amides is 2. The number of likely N-dealkylation sites (tertiary alicyclic amines) is 1. The molecular formula is C23H33N5O9. The van der Waals surface area contributed by atoms with Crippen molar-refractivity contribution in [3.05, 3.63) is 22.2 Å². The van der Waals surface area contributed by atoms with Crippen LogP contribution in [0.5, 0.6) is 5.75 Å². The summed E-state index contributed by atoms with van der Waals surface area (Å²) < 4.78 is 20.7. The predicted molar refractivity (Wildman–Crippen MR) is 129 cm³/mol. The van der Waals surface area contributed by atoms with Gasteiger partial charge in [-0.25, -0.2) is 19.3 Å². The number of anilines is 1. The Morgan fingerprint density at radius 3 is 2.70 bits per heavy atom. The Kier molecular flexibility index (Phi) is 9.08. The number of nitrogens with zero attached hydrogens (tertiary/aromatic N) is 4. The molecule has 0 aliphatic carbocycles. The largest absolute Gasteiger partial charge is 0.474 e. The van der Waals surface area contributed by atoms with Crippen molar-refractivity contribution in [2.45, 2.75) is 45.8 Å². The average molecular weight is 524 g/mol. The minimum absolute atomic E-state index is 0.0338. The van der Waals surface area contributed by atoms with Crippen molar-refractivity contribution in [1.29, 1.82) is 0 Å². The molecule has 37 heavy (non-hydrogen) atoms. The normalized spacial score (nSPS) is 19.5. The number of pyridine rings is 1. The van der Waals surface area contributed by atoms with Gasteiger partial charge in [-0.3, -0.25) is 0 Å². The Balaban J connectivity index is 1.50. The zero-order valence-electron chi connectivity index (χ0n) is 21.4. The Labute approximate surface area is 214 Å². The number of carbonyl (C=O) groups is 3. The maximum atomic E-state index is 12.4. The summed E-state index contributed by atoms with van der Waals surface area (Å²) >= 11 is 0. The number of nitro groups is 1. The lowest BCUT2D eigenvalue weighted by Gasteiger charge is -2.24. The summed E-state index contributed by atoms with van der Waals surface area (Å²) in [7, 11) is 0. The molecule has 0 spiro atoms. The summed E-state index contributed by atoms with van der Waals surface area (Å²) in [6.45, 7) is 9.10. The molecule has 14 heteroatoms. The molecule has 3 heterocycles. The number of ether oxygens (including phenoxy) is 4. The Morgan fingerprint density at radius 2 is 2.03 bits per heavy atom. The van der Waals surface area contributed by atoms with Gasteiger partial charge in [-0.15, -0.1) is 0 Å². The Morgan fingerprint density at radius 1 is 1.27 bits per heavy atom. The van der Waals surface area contributed by atoms with Crippen LogP contribution < -0.4 is 15.0 Å². The van der Waals surface area contributed by atoms with Crippen LogP contribution in [0.25, 0.3) is 0 Å². The predicted octanol–water partition coefficient (Wildman–Crippen LogP) is 2.10. The second kappa shape index (κ2) is 12.0. The number of carbonyl (C=O) groups excluding carboxylic acids is 3. The van der Waals surface area contributed by atoms with E-state index in [1.807, 2.05) is 20.8 Å². The van der Waals surface area contributed by atoms with E-state index < -0.39 is 41.1 Å². The highest BCUT2D eigenvalue weighted by Gasteiger charge is 2.37. The number of cyclic esters (lactones) is 1. The third kappa shape index (κ3) is 7.90. The second-order valence-electron chi connectivity index (χ2n) is 9.70. The fraction of sp³-hybridized carbons (Fsp3) is 0.652. The molecule has 2 fully saturated rings. The second-order valence-corrected chi connectivity index (χ2v) is 9.70. The smallest absolute Gasteiger partial charge is 0.417 e. The maximum Gasteiger partial charge on any atom is 0.417 e. The fourth-order valence-electron chi connectivity index (χ4n) is 3.91. The van der Waals surface area contributed by atoms with Crippen LogP contribution in [-0.4, -0.2) is 90.6 Å². The first kappa shape index (κ1) is 27.9. The molecule has 2 atom stereocenters. The molecular weight excluding hydrogens is 490 g/mol. The molecule has 0 unspecified atom stereocenters. The number of hydrogen-bond donors (Lipinski definition) is 1. The molecule has 0 saturated carbocycles. The number of aromatic nitrogens is 1. The van der Waals surface area contributed by atoms with Gasteiger partial charge in [0.2, 0.25) is 5.75 Å². The summed E-state index contributed by atoms with van der Waals surface area (Å²) in [4.78, 5) is 53.7. The number of hydrogen-bond acceptors (Lipinski definition) is 11. The van der Waals surface area contributed by atoms with Gasteiger partial charge in [0.15, 0.2) is 6.61 Å². The molecule has 0 bridgehead atoms. The monoisotopic (exact) mass is 523 g/mol. The van der Waals surface area contributed by atoms with Gasteiger partial charge >= 0.3 is 24.0 Å². The van der Waals surface area contributed by atoms with Gasteiger partial charge in [0, 0.05) is 25.7 Å². The average Bonchev–Trinajstić information content (AvgIpc) is 3.43. The Hall–Kier alpha value is -3.68. The highest BCUT2D eigenvalue weighted by atomic mass is 16.6. The first-order chi connectivity index (χ1) is 17.5. The molecule has 14 nitrogen and oxygen atoms in total. The first-order valence-corrected chi connectivity index (χ1v) is 12.1. The lowest BCUT2D eigenvalue weighted by molar-refractivity contribution is -0.390. The zero-order valence-corrected chi connectivity index (χ0v) is 21.4. The minimum Gasteiger partial charge on any atom is -0.474 e. The molecule has 1 N–H and O–H groups in total. The van der Waals surface area contributed by atoms with E-state index in [1.54, 1.807) is 11.8 Å². The summed E-state index contributed by atoms with van der Waals surface area (Å²) in [5.74, 6) is -1.25. The third-order valence-corrected chi connectivity index (χ3v) is 5.54. The fourth-order valence-corrected chi connectivity index (χ4v) is 3.91. The topological polar surface area (TPSA) is 163 Å². The molecule has 0 aromatic carbocycles. The lowest BCUT2D eigenvalue weighted by Crippen LogP contribution is -2.37.